The van der Waals surface area contributed by atoms with E-state index in [0.29, 0.717) is 38.2 Å². The Bertz CT molecular complexity index is 941. The van der Waals surface area contributed by atoms with Gasteiger partial charge in [0.05, 0.1) is 19.8 Å². The van der Waals surface area contributed by atoms with Crippen LogP contribution in [0, 0.1) is 0 Å². The predicted octanol–water partition coefficient (Wildman–Crippen LogP) is 7.51. The highest BCUT2D eigenvalue weighted by molar-refractivity contribution is 9.10. The quantitative estimate of drug-likeness (QED) is 0.117. The van der Waals surface area contributed by atoms with Crippen LogP contribution in [0.3, 0.4) is 0 Å². The molecular formula is C29H39BrO5. The molecule has 2 aromatic rings. The molecule has 192 valence electrons. The summed E-state index contributed by atoms with van der Waals surface area (Å²) >= 11 is 3.43. The van der Waals surface area contributed by atoms with Crippen LogP contribution in [0.2, 0.25) is 0 Å². The molecule has 2 aromatic carbocycles. The highest BCUT2D eigenvalue weighted by atomic mass is 79.9. The lowest BCUT2D eigenvalue weighted by Gasteiger charge is -2.16. The maximum Gasteiger partial charge on any atom is 0.306 e. The van der Waals surface area contributed by atoms with Gasteiger partial charge in [-0.15, -0.1) is 0 Å². The molecule has 5 nitrogen and oxygen atoms in total. The molecule has 2 rings (SSSR count). The van der Waals surface area contributed by atoms with E-state index in [1.807, 2.05) is 25.1 Å². The Labute approximate surface area is 218 Å². The summed E-state index contributed by atoms with van der Waals surface area (Å²) in [4.78, 5) is 23.6. The Morgan fingerprint density at radius 2 is 1.66 bits per heavy atom. The first-order chi connectivity index (χ1) is 16.9. The van der Waals surface area contributed by atoms with Crippen molar-refractivity contribution in [2.75, 3.05) is 19.8 Å². The van der Waals surface area contributed by atoms with Crippen LogP contribution < -0.4 is 9.47 Å². The van der Waals surface area contributed by atoms with Crippen molar-refractivity contribution in [3.8, 4) is 11.5 Å². The number of ketones is 1. The van der Waals surface area contributed by atoms with E-state index in [2.05, 4.69) is 28.9 Å². The molecule has 35 heavy (non-hydrogen) atoms. The maximum absolute atomic E-state index is 11.9. The van der Waals surface area contributed by atoms with Gasteiger partial charge in [-0.3, -0.25) is 9.59 Å². The average Bonchev–Trinajstić information content (AvgIpc) is 2.82. The van der Waals surface area contributed by atoms with Gasteiger partial charge in [0.2, 0.25) is 0 Å². The summed E-state index contributed by atoms with van der Waals surface area (Å²) < 4.78 is 17.9. The number of carbonyl (C=O) groups is 2. The maximum atomic E-state index is 11.9. The second kappa shape index (κ2) is 16.4. The van der Waals surface area contributed by atoms with Gasteiger partial charge in [-0.2, -0.15) is 0 Å². The van der Waals surface area contributed by atoms with Gasteiger partial charge < -0.3 is 14.2 Å². The lowest BCUT2D eigenvalue weighted by atomic mass is 9.96. The van der Waals surface area contributed by atoms with E-state index in [0.717, 1.165) is 66.5 Å². The molecule has 0 saturated heterocycles. The van der Waals surface area contributed by atoms with Gasteiger partial charge in [-0.1, -0.05) is 54.2 Å². The van der Waals surface area contributed by atoms with Crippen LogP contribution >= 0.6 is 15.9 Å². The van der Waals surface area contributed by atoms with E-state index in [1.165, 1.54) is 5.56 Å². The molecule has 0 heterocycles. The van der Waals surface area contributed by atoms with Crippen LogP contribution in [-0.2, 0) is 22.4 Å². The van der Waals surface area contributed by atoms with Crippen LogP contribution in [0.4, 0.5) is 0 Å². The second-order valence-corrected chi connectivity index (χ2v) is 9.56. The molecule has 0 aliphatic heterocycles. The van der Waals surface area contributed by atoms with E-state index < -0.39 is 0 Å². The summed E-state index contributed by atoms with van der Waals surface area (Å²) in [6.45, 7) is 7.26. The Morgan fingerprint density at radius 1 is 0.886 bits per heavy atom. The number of ether oxygens (including phenoxy) is 3. The number of hydrogen-bond donors (Lipinski definition) is 0. The Balaban J connectivity index is 1.83. The molecular weight excluding hydrogens is 508 g/mol. The van der Waals surface area contributed by atoms with E-state index in [-0.39, 0.29) is 11.8 Å². The zero-order chi connectivity index (χ0) is 25.5. The Hall–Kier alpha value is -2.34. The van der Waals surface area contributed by atoms with Crippen LogP contribution in [0.5, 0.6) is 11.5 Å². The van der Waals surface area contributed by atoms with E-state index >= 15 is 0 Å². The zero-order valence-corrected chi connectivity index (χ0v) is 23.0. The topological polar surface area (TPSA) is 61.8 Å². The second-order valence-electron chi connectivity index (χ2n) is 8.65. The third-order valence-electron chi connectivity index (χ3n) is 5.76. The lowest BCUT2D eigenvalue weighted by Crippen LogP contribution is -2.08. The number of rotatable bonds is 17. The van der Waals surface area contributed by atoms with Crippen molar-refractivity contribution in [2.24, 2.45) is 0 Å². The number of aryl methyl sites for hydroxylation is 1. The lowest BCUT2D eigenvalue weighted by molar-refractivity contribution is -0.143. The fraction of sp³-hybridized carbons (Fsp3) is 0.517. The molecule has 0 atom stereocenters. The monoisotopic (exact) mass is 546 g/mol. The summed E-state index contributed by atoms with van der Waals surface area (Å²) in [7, 11) is 0. The molecule has 0 radical (unpaired) electrons. The molecule has 0 amide bonds. The molecule has 0 aliphatic rings. The molecule has 0 unspecified atom stereocenters. The minimum absolute atomic E-state index is 0.0256. The van der Waals surface area contributed by atoms with Crippen molar-refractivity contribution in [3.63, 3.8) is 0 Å². The van der Waals surface area contributed by atoms with Crippen LogP contribution in [-0.4, -0.2) is 31.6 Å². The minimum Gasteiger partial charge on any atom is -0.494 e. The smallest absolute Gasteiger partial charge is 0.306 e. The third-order valence-corrected chi connectivity index (χ3v) is 6.21. The summed E-state index contributed by atoms with van der Waals surface area (Å²) in [6.07, 6.45) is 8.25. The van der Waals surface area contributed by atoms with Gasteiger partial charge in [-0.05, 0) is 81.3 Å². The van der Waals surface area contributed by atoms with Gasteiger partial charge in [0.25, 0.3) is 0 Å². The van der Waals surface area contributed by atoms with Crippen LogP contribution in [0.1, 0.15) is 87.2 Å². The summed E-state index contributed by atoms with van der Waals surface area (Å²) in [5.41, 5.74) is 3.04. The van der Waals surface area contributed by atoms with Crippen molar-refractivity contribution in [2.45, 2.75) is 78.6 Å². The van der Waals surface area contributed by atoms with Crippen molar-refractivity contribution in [3.05, 3.63) is 57.6 Å². The summed E-state index contributed by atoms with van der Waals surface area (Å²) in [5.74, 6) is 1.48. The van der Waals surface area contributed by atoms with E-state index in [4.69, 9.17) is 14.2 Å². The van der Waals surface area contributed by atoms with Crippen molar-refractivity contribution in [1.29, 1.82) is 0 Å². The van der Waals surface area contributed by atoms with Crippen molar-refractivity contribution >= 4 is 27.7 Å². The number of Topliss-reactive ketones (excluding diaryl/α,β-unsaturated/α-hetero) is 1. The number of halogens is 1. The fourth-order valence-electron chi connectivity index (χ4n) is 3.86. The van der Waals surface area contributed by atoms with Gasteiger partial charge in [-0.25, -0.2) is 0 Å². The van der Waals surface area contributed by atoms with Gasteiger partial charge >= 0.3 is 5.97 Å². The third kappa shape index (κ3) is 10.9. The Kier molecular flexibility index (Phi) is 13.5. The first-order valence-electron chi connectivity index (χ1n) is 12.8. The zero-order valence-electron chi connectivity index (χ0n) is 21.4. The number of hydrogen-bond acceptors (Lipinski definition) is 5. The Morgan fingerprint density at radius 3 is 2.40 bits per heavy atom. The molecule has 0 saturated carbocycles. The minimum atomic E-state index is -0.164. The van der Waals surface area contributed by atoms with E-state index in [9.17, 15) is 9.59 Å². The molecule has 0 aliphatic carbocycles. The van der Waals surface area contributed by atoms with Gasteiger partial charge in [0, 0.05) is 16.5 Å². The summed E-state index contributed by atoms with van der Waals surface area (Å²) in [6, 6.07) is 11.7. The fourth-order valence-corrected chi connectivity index (χ4v) is 4.33. The highest BCUT2D eigenvalue weighted by Crippen LogP contribution is 2.27. The predicted molar refractivity (Wildman–Crippen MR) is 144 cm³/mol. The summed E-state index contributed by atoms with van der Waals surface area (Å²) in [5, 5.41) is 0. The van der Waals surface area contributed by atoms with Crippen LogP contribution in [0.15, 0.2) is 40.9 Å². The highest BCUT2D eigenvalue weighted by Gasteiger charge is 2.13. The number of benzene rings is 2. The number of esters is 1. The molecule has 0 bridgehead atoms. The van der Waals surface area contributed by atoms with Crippen molar-refractivity contribution < 1.29 is 23.8 Å². The first kappa shape index (κ1) is 28.9. The average molecular weight is 548 g/mol. The van der Waals surface area contributed by atoms with Gasteiger partial charge in [0.15, 0.2) is 5.78 Å². The molecule has 0 spiro atoms. The number of carbonyl (C=O) groups excluding carboxylic acids is 2. The largest absolute Gasteiger partial charge is 0.494 e. The number of unbranched alkanes of at least 4 members (excludes halogenated alkanes) is 4. The van der Waals surface area contributed by atoms with Crippen LogP contribution in [0.25, 0.3) is 0 Å². The SMILES string of the molecule is CCCCOc1cccc(CCCCCCOc2cc(Br)cc(C(C)=O)c2)c1CCC(=O)OCC. The first-order valence-corrected chi connectivity index (χ1v) is 13.6. The molecule has 0 aromatic heterocycles. The molecule has 0 fully saturated rings. The van der Waals surface area contributed by atoms with Crippen molar-refractivity contribution in [1.82, 2.24) is 0 Å². The standard InChI is InChI=1S/C29H39BrO5/c1-4-6-17-35-28-14-11-13-23(27(28)15-16-29(32)33-5-2)12-9-7-8-10-18-34-26-20-24(22(3)31)19-25(30)21-26/h11,13-14,19-21H,4-10,12,15-18H2,1-3H3. The molecule has 6 heteroatoms. The molecule has 0 N–H and O–H groups in total. The van der Waals surface area contributed by atoms with E-state index in [1.54, 1.807) is 19.1 Å². The normalized spacial score (nSPS) is 10.7. The van der Waals surface area contributed by atoms with Gasteiger partial charge in [0.1, 0.15) is 11.5 Å².